The summed E-state index contributed by atoms with van der Waals surface area (Å²) in [5, 5.41) is 15.3. The molecule has 0 unspecified atom stereocenters. The van der Waals surface area contributed by atoms with Crippen LogP contribution in [0.5, 0.6) is 0 Å². The molecular weight excluding hydrogens is 394 g/mol. The van der Waals surface area contributed by atoms with E-state index in [9.17, 15) is 17.6 Å². The van der Waals surface area contributed by atoms with Gasteiger partial charge in [-0.25, -0.2) is 9.18 Å². The number of hydrogen-bond donors (Lipinski definition) is 2. The third-order valence-electron chi connectivity index (χ3n) is 3.97. The summed E-state index contributed by atoms with van der Waals surface area (Å²) in [4.78, 5) is 8.90. The summed E-state index contributed by atoms with van der Waals surface area (Å²) in [5.74, 6) is -2.05. The summed E-state index contributed by atoms with van der Waals surface area (Å²) >= 11 is 5.66. The number of carbonyl (C=O) groups is 1. The van der Waals surface area contributed by atoms with Crippen molar-refractivity contribution < 1.29 is 31.9 Å². The van der Waals surface area contributed by atoms with Crippen molar-refractivity contribution in [2.24, 2.45) is 5.73 Å². The maximum Gasteiger partial charge on any atom is 0.490 e. The number of hydrogen-bond acceptors (Lipinski definition) is 5. The number of halogens is 5. The number of rotatable bonds is 2. The van der Waals surface area contributed by atoms with Crippen molar-refractivity contribution in [3.63, 3.8) is 0 Å². The summed E-state index contributed by atoms with van der Waals surface area (Å²) in [7, 11) is 0. The van der Waals surface area contributed by atoms with Gasteiger partial charge in [0.05, 0.1) is 5.02 Å². The molecule has 1 aromatic heterocycles. The van der Waals surface area contributed by atoms with Crippen molar-refractivity contribution >= 4 is 17.6 Å². The Labute approximate surface area is 156 Å². The molecule has 6 nitrogen and oxygen atoms in total. The van der Waals surface area contributed by atoms with Gasteiger partial charge >= 0.3 is 12.1 Å². The minimum Gasteiger partial charge on any atom is -0.475 e. The molecule has 0 radical (unpaired) electrons. The highest BCUT2D eigenvalue weighted by Gasteiger charge is 2.38. The molecule has 0 amide bonds. The largest absolute Gasteiger partial charge is 0.490 e. The molecule has 27 heavy (non-hydrogen) atoms. The monoisotopic (exact) mass is 409 g/mol. The zero-order valence-electron chi connectivity index (χ0n) is 13.8. The fraction of sp³-hybridized carbons (Fsp3) is 0.438. The van der Waals surface area contributed by atoms with Crippen LogP contribution in [0.25, 0.3) is 11.5 Å². The van der Waals surface area contributed by atoms with Gasteiger partial charge in [-0.2, -0.15) is 13.2 Å². The van der Waals surface area contributed by atoms with Crippen molar-refractivity contribution in [1.82, 2.24) is 10.2 Å². The Kier molecular flexibility index (Phi) is 6.77. The number of benzene rings is 1. The van der Waals surface area contributed by atoms with Gasteiger partial charge in [0.1, 0.15) is 5.82 Å². The maximum absolute atomic E-state index is 13.4. The number of aromatic nitrogens is 2. The van der Waals surface area contributed by atoms with Crippen LogP contribution >= 0.6 is 11.6 Å². The molecule has 0 saturated heterocycles. The van der Waals surface area contributed by atoms with Crippen LogP contribution in [0.4, 0.5) is 17.6 Å². The lowest BCUT2D eigenvalue weighted by Gasteiger charge is -2.23. The zero-order valence-corrected chi connectivity index (χ0v) is 14.6. The van der Waals surface area contributed by atoms with E-state index in [4.69, 9.17) is 31.7 Å². The van der Waals surface area contributed by atoms with Crippen LogP contribution in [0.2, 0.25) is 5.02 Å². The first-order valence-corrected chi connectivity index (χ1v) is 8.30. The molecule has 1 heterocycles. The standard InChI is InChI=1S/C14H15ClFN3O.C2HF3O2/c15-11-6-3-9(7-12(11)16)14-19-18-13(20-14)8-1-4-10(17)5-2-8;3-2(4,5)1(6)7/h3,6-8,10H,1-2,4-5,17H2;(H,6,7)/t8-,10-;. The molecule has 3 N–H and O–H groups in total. The Morgan fingerprint density at radius 1 is 1.22 bits per heavy atom. The molecule has 0 bridgehead atoms. The van der Waals surface area contributed by atoms with Gasteiger partial charge in [0.15, 0.2) is 0 Å². The molecule has 1 aromatic carbocycles. The maximum atomic E-state index is 13.4. The van der Waals surface area contributed by atoms with E-state index in [0.717, 1.165) is 25.7 Å². The quantitative estimate of drug-likeness (QED) is 0.722. The van der Waals surface area contributed by atoms with Crippen LogP contribution in [0, 0.1) is 5.82 Å². The van der Waals surface area contributed by atoms with Gasteiger partial charge in [0.2, 0.25) is 11.8 Å². The first-order chi connectivity index (χ1) is 12.6. The summed E-state index contributed by atoms with van der Waals surface area (Å²) in [6.45, 7) is 0. The second-order valence-corrected chi connectivity index (χ2v) is 6.40. The number of alkyl halides is 3. The van der Waals surface area contributed by atoms with Gasteiger partial charge in [-0.1, -0.05) is 11.6 Å². The number of aliphatic carboxylic acids is 1. The molecular formula is C16H16ClF4N3O3. The Bertz CT molecular complexity index is 789. The van der Waals surface area contributed by atoms with Crippen LogP contribution in [0.3, 0.4) is 0 Å². The van der Waals surface area contributed by atoms with Crippen LogP contribution < -0.4 is 5.73 Å². The van der Waals surface area contributed by atoms with Gasteiger partial charge in [-0.3, -0.25) is 0 Å². The molecule has 0 atom stereocenters. The third-order valence-corrected chi connectivity index (χ3v) is 4.28. The average molecular weight is 410 g/mol. The van der Waals surface area contributed by atoms with E-state index in [1.807, 2.05) is 0 Å². The predicted molar refractivity (Wildman–Crippen MR) is 87.6 cm³/mol. The Balaban J connectivity index is 0.000000321. The van der Waals surface area contributed by atoms with Gasteiger partial charge in [0, 0.05) is 17.5 Å². The van der Waals surface area contributed by atoms with Crippen LogP contribution in [0.15, 0.2) is 22.6 Å². The Hall–Kier alpha value is -2.20. The first kappa shape index (κ1) is 21.1. The van der Waals surface area contributed by atoms with E-state index in [1.54, 1.807) is 6.07 Å². The summed E-state index contributed by atoms with van der Waals surface area (Å²) in [5.41, 5.74) is 6.42. The lowest BCUT2D eigenvalue weighted by Crippen LogP contribution is -2.25. The number of carboxylic acids is 1. The van der Waals surface area contributed by atoms with Crippen molar-refractivity contribution in [1.29, 1.82) is 0 Å². The average Bonchev–Trinajstić information content (AvgIpc) is 3.08. The minimum absolute atomic E-state index is 0.0785. The van der Waals surface area contributed by atoms with Crippen molar-refractivity contribution in [2.45, 2.75) is 43.8 Å². The molecule has 1 aliphatic carbocycles. The molecule has 148 valence electrons. The van der Waals surface area contributed by atoms with Crippen molar-refractivity contribution in [3.05, 3.63) is 34.9 Å². The van der Waals surface area contributed by atoms with E-state index < -0.39 is 18.0 Å². The zero-order chi connectivity index (χ0) is 20.2. The van der Waals surface area contributed by atoms with Gasteiger partial charge in [-0.15, -0.1) is 10.2 Å². The smallest absolute Gasteiger partial charge is 0.475 e. The Morgan fingerprint density at radius 3 is 2.33 bits per heavy atom. The van der Waals surface area contributed by atoms with Gasteiger partial charge < -0.3 is 15.3 Å². The van der Waals surface area contributed by atoms with E-state index in [-0.39, 0.29) is 17.0 Å². The number of nitrogens with zero attached hydrogens (tertiary/aromatic N) is 2. The summed E-state index contributed by atoms with van der Waals surface area (Å²) in [6.07, 6.45) is -1.23. The van der Waals surface area contributed by atoms with E-state index in [1.165, 1.54) is 12.1 Å². The minimum atomic E-state index is -5.08. The SMILES string of the molecule is N[C@H]1CC[C@H](c2nnc(-c3ccc(Cl)c(F)c3)o2)CC1.O=C(O)C(F)(F)F. The van der Waals surface area contributed by atoms with Crippen LogP contribution in [-0.2, 0) is 4.79 Å². The first-order valence-electron chi connectivity index (χ1n) is 7.92. The fourth-order valence-electron chi connectivity index (χ4n) is 2.51. The van der Waals surface area contributed by atoms with E-state index in [0.29, 0.717) is 17.3 Å². The molecule has 1 saturated carbocycles. The summed E-state index contributed by atoms with van der Waals surface area (Å²) < 4.78 is 50.8. The normalized spacial score (nSPS) is 19.9. The highest BCUT2D eigenvalue weighted by atomic mass is 35.5. The second kappa shape index (κ2) is 8.66. The van der Waals surface area contributed by atoms with Gasteiger partial charge in [0.25, 0.3) is 0 Å². The second-order valence-electron chi connectivity index (χ2n) is 5.99. The third kappa shape index (κ3) is 5.90. The predicted octanol–water partition coefficient (Wildman–Crippen LogP) is 4.15. The van der Waals surface area contributed by atoms with Crippen molar-refractivity contribution in [2.75, 3.05) is 0 Å². The van der Waals surface area contributed by atoms with Gasteiger partial charge in [-0.05, 0) is 43.9 Å². The van der Waals surface area contributed by atoms with Crippen LogP contribution in [-0.4, -0.2) is 33.5 Å². The lowest BCUT2D eigenvalue weighted by molar-refractivity contribution is -0.192. The highest BCUT2D eigenvalue weighted by molar-refractivity contribution is 6.30. The number of carboxylic acid groups (broad SMARTS) is 1. The molecule has 2 aromatic rings. The molecule has 11 heteroatoms. The van der Waals surface area contributed by atoms with E-state index in [2.05, 4.69) is 10.2 Å². The number of nitrogens with two attached hydrogens (primary N) is 1. The van der Waals surface area contributed by atoms with E-state index >= 15 is 0 Å². The molecule has 3 rings (SSSR count). The molecule has 0 aliphatic heterocycles. The van der Waals surface area contributed by atoms with Crippen molar-refractivity contribution in [3.8, 4) is 11.5 Å². The van der Waals surface area contributed by atoms with Crippen LogP contribution in [0.1, 0.15) is 37.5 Å². The molecule has 1 aliphatic rings. The molecule has 1 fully saturated rings. The topological polar surface area (TPSA) is 102 Å². The fourth-order valence-corrected chi connectivity index (χ4v) is 2.63. The lowest BCUT2D eigenvalue weighted by atomic mass is 9.86. The molecule has 0 spiro atoms. The highest BCUT2D eigenvalue weighted by Crippen LogP contribution is 2.33. The Morgan fingerprint density at radius 2 is 1.81 bits per heavy atom. The summed E-state index contributed by atoms with van der Waals surface area (Å²) in [6, 6.07) is 4.73.